The Morgan fingerprint density at radius 3 is 3.00 bits per heavy atom. The monoisotopic (exact) mass is 283 g/mol. The number of hydrogen-bond acceptors (Lipinski definition) is 4. The quantitative estimate of drug-likeness (QED) is 0.637. The maximum Gasteiger partial charge on any atom is 0.0565 e. The van der Waals surface area contributed by atoms with Gasteiger partial charge in [-0.15, -0.1) is 0 Å². The number of aromatic amines is 1. The van der Waals surface area contributed by atoms with Crippen LogP contribution in [0.2, 0.25) is 0 Å². The van der Waals surface area contributed by atoms with Crippen LogP contribution in [0.5, 0.6) is 0 Å². The molecule has 2 unspecified atom stereocenters. The van der Waals surface area contributed by atoms with Crippen molar-refractivity contribution in [1.82, 2.24) is 15.5 Å². The van der Waals surface area contributed by atoms with Crippen molar-refractivity contribution in [2.24, 2.45) is 5.92 Å². The van der Waals surface area contributed by atoms with E-state index in [0.29, 0.717) is 12.0 Å². The van der Waals surface area contributed by atoms with Gasteiger partial charge in [-0.05, 0) is 43.5 Å². The van der Waals surface area contributed by atoms with Crippen molar-refractivity contribution in [2.45, 2.75) is 19.4 Å². The number of aromatic nitrogens is 2. The van der Waals surface area contributed by atoms with Crippen LogP contribution in [0, 0.1) is 11.3 Å². The Hall–Kier alpha value is -2.14. The largest absolute Gasteiger partial charge is 0.384 e. The summed E-state index contributed by atoms with van der Waals surface area (Å²) in [7, 11) is 0. The van der Waals surface area contributed by atoms with Crippen LogP contribution >= 0.6 is 0 Å². The van der Waals surface area contributed by atoms with Crippen molar-refractivity contribution in [3.63, 3.8) is 0 Å². The van der Waals surface area contributed by atoms with E-state index < -0.39 is 0 Å². The molecule has 1 aromatic carbocycles. The highest BCUT2D eigenvalue weighted by Crippen LogP contribution is 2.24. The minimum absolute atomic E-state index is 0.613. The first-order valence-electron chi connectivity index (χ1n) is 7.37. The van der Waals surface area contributed by atoms with Crippen molar-refractivity contribution < 1.29 is 0 Å². The van der Waals surface area contributed by atoms with Gasteiger partial charge in [-0.3, -0.25) is 5.10 Å². The van der Waals surface area contributed by atoms with Gasteiger partial charge < -0.3 is 16.0 Å². The van der Waals surface area contributed by atoms with Gasteiger partial charge in [-0.2, -0.15) is 5.10 Å². The predicted octanol–water partition coefficient (Wildman–Crippen LogP) is 2.48. The molecule has 1 aromatic heterocycles. The second-order valence-corrected chi connectivity index (χ2v) is 5.73. The number of H-pyrrole nitrogens is 1. The van der Waals surface area contributed by atoms with Crippen LogP contribution in [0.4, 0.5) is 5.69 Å². The Morgan fingerprint density at radius 2 is 2.33 bits per heavy atom. The average molecular weight is 283 g/mol. The molecule has 0 aliphatic carbocycles. The Balaban J connectivity index is 1.72. The van der Waals surface area contributed by atoms with Crippen LogP contribution in [0.25, 0.3) is 11.1 Å². The number of hydrogen-bond donors (Lipinski definition) is 4. The summed E-state index contributed by atoms with van der Waals surface area (Å²) in [5, 5.41) is 21.4. The van der Waals surface area contributed by atoms with Gasteiger partial charge in [0.25, 0.3) is 0 Å². The van der Waals surface area contributed by atoms with Crippen LogP contribution < -0.4 is 10.6 Å². The van der Waals surface area contributed by atoms with E-state index in [0.717, 1.165) is 35.5 Å². The van der Waals surface area contributed by atoms with Gasteiger partial charge in [0.1, 0.15) is 0 Å². The summed E-state index contributed by atoms with van der Waals surface area (Å²) in [6.07, 6.45) is 6.27. The molecule has 1 fully saturated rings. The normalized spacial score (nSPS) is 21.4. The highest BCUT2D eigenvalue weighted by atomic mass is 15.1. The van der Waals surface area contributed by atoms with E-state index >= 15 is 0 Å². The standard InChI is InChI=1S/C16H21N5/c1-11-4-12(7-18-11)8-19-16-3-2-13(5-14(16)6-17)15-9-20-21-10-15/h2-3,5-6,9-12,17-19H,4,7-8H2,1H3,(H,20,21). The molecule has 0 saturated carbocycles. The molecule has 4 N–H and O–H groups in total. The predicted molar refractivity (Wildman–Crippen MR) is 86.0 cm³/mol. The third-order valence-corrected chi connectivity index (χ3v) is 4.06. The van der Waals surface area contributed by atoms with Gasteiger partial charge in [-0.25, -0.2) is 0 Å². The number of nitrogens with one attached hydrogen (secondary N) is 4. The van der Waals surface area contributed by atoms with E-state index in [-0.39, 0.29) is 0 Å². The minimum atomic E-state index is 0.613. The van der Waals surface area contributed by atoms with Crippen molar-refractivity contribution >= 4 is 11.9 Å². The van der Waals surface area contributed by atoms with Gasteiger partial charge >= 0.3 is 0 Å². The lowest BCUT2D eigenvalue weighted by molar-refractivity contribution is 0.596. The number of rotatable bonds is 5. The number of benzene rings is 1. The minimum Gasteiger partial charge on any atom is -0.384 e. The van der Waals surface area contributed by atoms with Crippen LogP contribution in [-0.2, 0) is 0 Å². The van der Waals surface area contributed by atoms with Crippen molar-refractivity contribution in [3.8, 4) is 11.1 Å². The third kappa shape index (κ3) is 3.13. The molecular weight excluding hydrogens is 262 g/mol. The molecule has 2 heterocycles. The van der Waals surface area contributed by atoms with Gasteiger partial charge in [-0.1, -0.05) is 6.07 Å². The highest BCUT2D eigenvalue weighted by Gasteiger charge is 2.20. The number of anilines is 1. The highest BCUT2D eigenvalue weighted by molar-refractivity contribution is 5.88. The van der Waals surface area contributed by atoms with Gasteiger partial charge in [0.05, 0.1) is 6.20 Å². The molecule has 0 radical (unpaired) electrons. The second kappa shape index (κ2) is 6.10. The van der Waals surface area contributed by atoms with E-state index in [9.17, 15) is 0 Å². The Morgan fingerprint density at radius 1 is 1.43 bits per heavy atom. The molecule has 5 nitrogen and oxygen atoms in total. The zero-order valence-electron chi connectivity index (χ0n) is 12.2. The van der Waals surface area contributed by atoms with Crippen LogP contribution in [0.3, 0.4) is 0 Å². The van der Waals surface area contributed by atoms with Crippen LogP contribution in [-0.4, -0.2) is 35.5 Å². The van der Waals surface area contributed by atoms with Crippen molar-refractivity contribution in [2.75, 3.05) is 18.4 Å². The van der Waals surface area contributed by atoms with E-state index in [1.54, 1.807) is 6.20 Å². The summed E-state index contributed by atoms with van der Waals surface area (Å²) in [5.41, 5.74) is 4.05. The zero-order chi connectivity index (χ0) is 14.7. The van der Waals surface area contributed by atoms with E-state index in [2.05, 4.69) is 39.9 Å². The smallest absolute Gasteiger partial charge is 0.0565 e. The first-order chi connectivity index (χ1) is 10.3. The summed E-state index contributed by atoms with van der Waals surface area (Å²) in [6.45, 7) is 4.24. The molecule has 0 bridgehead atoms. The lowest BCUT2D eigenvalue weighted by Crippen LogP contribution is -2.19. The molecule has 21 heavy (non-hydrogen) atoms. The first kappa shape index (κ1) is 13.8. The lowest BCUT2D eigenvalue weighted by atomic mass is 10.0. The Kier molecular flexibility index (Phi) is 4.01. The first-order valence-corrected chi connectivity index (χ1v) is 7.37. The topological polar surface area (TPSA) is 76.6 Å². The summed E-state index contributed by atoms with van der Waals surface area (Å²) in [4.78, 5) is 0. The van der Waals surface area contributed by atoms with E-state index in [1.165, 1.54) is 12.6 Å². The molecular formula is C16H21N5. The van der Waals surface area contributed by atoms with Crippen LogP contribution in [0.15, 0.2) is 30.6 Å². The maximum atomic E-state index is 7.63. The number of nitrogens with zero attached hydrogens (tertiary/aromatic N) is 1. The molecule has 2 aromatic rings. The molecule has 0 amide bonds. The van der Waals surface area contributed by atoms with Crippen molar-refractivity contribution in [3.05, 3.63) is 36.2 Å². The summed E-state index contributed by atoms with van der Waals surface area (Å²) in [6, 6.07) is 6.75. The fourth-order valence-corrected chi connectivity index (χ4v) is 2.88. The SMILES string of the molecule is CC1CC(CNc2ccc(-c3cn[nH]c3)cc2C=N)CN1. The van der Waals surface area contributed by atoms with Gasteiger partial charge in [0.15, 0.2) is 0 Å². The molecule has 2 atom stereocenters. The Bertz CT molecular complexity index is 605. The molecule has 1 aliphatic heterocycles. The van der Waals surface area contributed by atoms with E-state index in [1.807, 2.05) is 12.3 Å². The molecule has 110 valence electrons. The summed E-state index contributed by atoms with van der Waals surface area (Å²) < 4.78 is 0. The van der Waals surface area contributed by atoms with Gasteiger partial charge in [0, 0.05) is 41.8 Å². The Labute approximate surface area is 124 Å². The second-order valence-electron chi connectivity index (χ2n) is 5.73. The fourth-order valence-electron chi connectivity index (χ4n) is 2.88. The molecule has 0 spiro atoms. The molecule has 5 heteroatoms. The van der Waals surface area contributed by atoms with Gasteiger partial charge in [0.2, 0.25) is 0 Å². The summed E-state index contributed by atoms with van der Waals surface area (Å²) >= 11 is 0. The zero-order valence-corrected chi connectivity index (χ0v) is 12.2. The summed E-state index contributed by atoms with van der Waals surface area (Å²) in [5.74, 6) is 0.659. The maximum absolute atomic E-state index is 7.63. The molecule has 1 saturated heterocycles. The molecule has 1 aliphatic rings. The average Bonchev–Trinajstić information content (AvgIpc) is 3.16. The van der Waals surface area contributed by atoms with E-state index in [4.69, 9.17) is 5.41 Å². The third-order valence-electron chi connectivity index (χ3n) is 4.06. The fraction of sp³-hybridized carbons (Fsp3) is 0.375. The van der Waals surface area contributed by atoms with Crippen molar-refractivity contribution in [1.29, 1.82) is 5.41 Å². The lowest BCUT2D eigenvalue weighted by Gasteiger charge is -2.14. The van der Waals surface area contributed by atoms with Crippen LogP contribution in [0.1, 0.15) is 18.9 Å². The molecule has 3 rings (SSSR count).